The second-order valence-electron chi connectivity index (χ2n) is 5.92. The minimum Gasteiger partial charge on any atom is -0.264 e. The predicted molar refractivity (Wildman–Crippen MR) is 78.2 cm³/mol. The highest BCUT2D eigenvalue weighted by atomic mass is 14.8. The van der Waals surface area contributed by atoms with Crippen molar-refractivity contribution in [3.05, 3.63) is 53.9 Å². The molecule has 1 saturated carbocycles. The maximum Gasteiger partial charge on any atom is 0.292 e. The molecule has 0 aliphatic heterocycles. The fraction of sp³-hybridized carbons (Fsp3) is 0.471. The molecule has 0 saturated heterocycles. The fourth-order valence-corrected chi connectivity index (χ4v) is 3.21. The Kier molecular flexibility index (Phi) is 4.05. The number of hydrogen-bond donors (Lipinski definition) is 0. The van der Waals surface area contributed by atoms with Crippen molar-refractivity contribution >= 4 is 0 Å². The zero-order chi connectivity index (χ0) is 13.8. The van der Waals surface area contributed by atoms with E-state index in [0.717, 1.165) is 18.2 Å². The Morgan fingerprint density at radius 2 is 2.05 bits per heavy atom. The second-order valence-corrected chi connectivity index (χ2v) is 5.92. The molecule has 0 radical (unpaired) electrons. The summed E-state index contributed by atoms with van der Waals surface area (Å²) in [4.78, 5) is 11.8. The lowest BCUT2D eigenvalue weighted by atomic mass is 9.77. The van der Waals surface area contributed by atoms with Gasteiger partial charge in [-0.3, -0.25) is 4.98 Å². The van der Waals surface area contributed by atoms with Crippen LogP contribution >= 0.6 is 0 Å². The lowest BCUT2D eigenvalue weighted by molar-refractivity contribution is -0.393. The Labute approximate surface area is 120 Å². The molecular weight excluding hydrogens is 246 g/mol. The first-order valence-corrected chi connectivity index (χ1v) is 7.54. The zero-order valence-electron chi connectivity index (χ0n) is 12.0. The number of aryl methyl sites for hydroxylation is 1. The van der Waals surface area contributed by atoms with Gasteiger partial charge in [-0.05, 0) is 55.6 Å². The van der Waals surface area contributed by atoms with E-state index in [0.29, 0.717) is 5.92 Å². The van der Waals surface area contributed by atoms with Gasteiger partial charge in [0.2, 0.25) is 0 Å². The molecule has 3 nitrogen and oxygen atoms in total. The van der Waals surface area contributed by atoms with Crippen LogP contribution in [0.5, 0.6) is 0 Å². The number of aromatic amines is 1. The SMILES string of the molecule is Cc1ncc(CC2CCC(c3cccnc3)CC2)c[nH+]1. The van der Waals surface area contributed by atoms with E-state index in [4.69, 9.17) is 0 Å². The van der Waals surface area contributed by atoms with Crippen molar-refractivity contribution in [1.29, 1.82) is 0 Å². The van der Waals surface area contributed by atoms with Gasteiger partial charge in [0.05, 0.1) is 6.20 Å². The Hall–Kier alpha value is -1.77. The molecule has 0 amide bonds. The first-order valence-electron chi connectivity index (χ1n) is 7.54. The summed E-state index contributed by atoms with van der Waals surface area (Å²) < 4.78 is 0. The van der Waals surface area contributed by atoms with E-state index in [1.54, 1.807) is 0 Å². The van der Waals surface area contributed by atoms with Gasteiger partial charge in [0.15, 0.2) is 0 Å². The molecular formula is C17H22N3+. The molecule has 2 aromatic heterocycles. The summed E-state index contributed by atoms with van der Waals surface area (Å²) in [5.41, 5.74) is 2.75. The van der Waals surface area contributed by atoms with E-state index in [-0.39, 0.29) is 0 Å². The van der Waals surface area contributed by atoms with Gasteiger partial charge in [0.1, 0.15) is 6.20 Å². The van der Waals surface area contributed by atoms with Crippen LogP contribution in [0.15, 0.2) is 36.9 Å². The van der Waals surface area contributed by atoms with Gasteiger partial charge in [0.25, 0.3) is 5.82 Å². The van der Waals surface area contributed by atoms with Crippen molar-refractivity contribution in [3.8, 4) is 0 Å². The van der Waals surface area contributed by atoms with Crippen molar-refractivity contribution in [3.63, 3.8) is 0 Å². The first-order chi connectivity index (χ1) is 9.81. The summed E-state index contributed by atoms with van der Waals surface area (Å²) in [6.07, 6.45) is 14.4. The van der Waals surface area contributed by atoms with Gasteiger partial charge in [-0.2, -0.15) is 0 Å². The molecule has 0 bridgehead atoms. The molecule has 2 aromatic rings. The Morgan fingerprint density at radius 3 is 2.70 bits per heavy atom. The molecule has 0 aromatic carbocycles. The van der Waals surface area contributed by atoms with Gasteiger partial charge in [-0.1, -0.05) is 11.1 Å². The lowest BCUT2D eigenvalue weighted by Gasteiger charge is -2.28. The molecule has 104 valence electrons. The number of H-pyrrole nitrogens is 1. The summed E-state index contributed by atoms with van der Waals surface area (Å²) >= 11 is 0. The number of hydrogen-bond acceptors (Lipinski definition) is 2. The maximum absolute atomic E-state index is 4.34. The van der Waals surface area contributed by atoms with E-state index >= 15 is 0 Å². The summed E-state index contributed by atoms with van der Waals surface area (Å²) in [6, 6.07) is 4.27. The van der Waals surface area contributed by atoms with E-state index in [2.05, 4.69) is 33.3 Å². The molecule has 3 heteroatoms. The predicted octanol–water partition coefficient (Wildman–Crippen LogP) is 3.12. The number of nitrogens with one attached hydrogen (secondary N) is 1. The molecule has 0 unspecified atom stereocenters. The smallest absolute Gasteiger partial charge is 0.264 e. The van der Waals surface area contributed by atoms with Crippen LogP contribution in [-0.2, 0) is 6.42 Å². The molecule has 20 heavy (non-hydrogen) atoms. The first kappa shape index (κ1) is 13.2. The molecule has 2 heterocycles. The van der Waals surface area contributed by atoms with E-state index in [9.17, 15) is 0 Å². The highest BCUT2D eigenvalue weighted by molar-refractivity contribution is 5.15. The summed E-state index contributed by atoms with van der Waals surface area (Å²) in [7, 11) is 0. The molecule has 1 N–H and O–H groups in total. The molecule has 1 fully saturated rings. The maximum atomic E-state index is 4.34. The van der Waals surface area contributed by atoms with Crippen LogP contribution in [0.4, 0.5) is 0 Å². The normalized spacial score (nSPS) is 22.6. The standard InChI is InChI=1S/C17H21N3/c1-13-19-10-15(11-20-13)9-14-4-6-16(7-5-14)17-3-2-8-18-12-17/h2-3,8,10-12,14,16H,4-7,9H2,1H3/p+1. The van der Waals surface area contributed by atoms with Crippen molar-refractivity contribution in [2.24, 2.45) is 5.92 Å². The third kappa shape index (κ3) is 3.21. The van der Waals surface area contributed by atoms with Gasteiger partial charge in [-0.25, -0.2) is 4.98 Å². The Morgan fingerprint density at radius 1 is 1.20 bits per heavy atom. The molecule has 1 aliphatic carbocycles. The quantitative estimate of drug-likeness (QED) is 0.858. The van der Waals surface area contributed by atoms with Gasteiger partial charge in [0, 0.05) is 24.9 Å². The number of nitrogens with zero attached hydrogens (tertiary/aromatic N) is 2. The minimum absolute atomic E-state index is 0.711. The summed E-state index contributed by atoms with van der Waals surface area (Å²) in [5.74, 6) is 2.50. The monoisotopic (exact) mass is 268 g/mol. The number of aromatic nitrogens is 3. The Bertz CT molecular complexity index is 528. The van der Waals surface area contributed by atoms with Crippen LogP contribution in [0.3, 0.4) is 0 Å². The molecule has 0 atom stereocenters. The molecule has 0 spiro atoms. The Balaban J connectivity index is 1.55. The minimum atomic E-state index is 0.711. The van der Waals surface area contributed by atoms with Gasteiger partial charge >= 0.3 is 0 Å². The fourth-order valence-electron chi connectivity index (χ4n) is 3.21. The topological polar surface area (TPSA) is 39.9 Å². The number of rotatable bonds is 3. The van der Waals surface area contributed by atoms with Crippen molar-refractivity contribution < 1.29 is 4.98 Å². The van der Waals surface area contributed by atoms with Crippen LogP contribution in [0.1, 0.15) is 48.6 Å². The summed E-state index contributed by atoms with van der Waals surface area (Å²) in [6.45, 7) is 1.99. The highest BCUT2D eigenvalue weighted by Crippen LogP contribution is 2.36. The van der Waals surface area contributed by atoms with Crippen molar-refractivity contribution in [2.75, 3.05) is 0 Å². The van der Waals surface area contributed by atoms with Gasteiger partial charge in [-0.15, -0.1) is 0 Å². The van der Waals surface area contributed by atoms with Crippen LogP contribution in [-0.4, -0.2) is 9.97 Å². The van der Waals surface area contributed by atoms with E-state index in [1.807, 2.05) is 25.5 Å². The largest absolute Gasteiger partial charge is 0.292 e. The molecule has 1 aliphatic rings. The van der Waals surface area contributed by atoms with E-state index < -0.39 is 0 Å². The van der Waals surface area contributed by atoms with E-state index in [1.165, 1.54) is 36.8 Å². The highest BCUT2D eigenvalue weighted by Gasteiger charge is 2.23. The summed E-state index contributed by atoms with van der Waals surface area (Å²) in [5, 5.41) is 0. The third-order valence-electron chi connectivity index (χ3n) is 4.42. The zero-order valence-corrected chi connectivity index (χ0v) is 12.0. The average molecular weight is 268 g/mol. The van der Waals surface area contributed by atoms with Crippen molar-refractivity contribution in [1.82, 2.24) is 9.97 Å². The average Bonchev–Trinajstić information content (AvgIpc) is 2.51. The van der Waals surface area contributed by atoms with Gasteiger partial charge < -0.3 is 0 Å². The lowest BCUT2D eigenvalue weighted by Crippen LogP contribution is -2.17. The molecule has 3 rings (SSSR count). The third-order valence-corrected chi connectivity index (χ3v) is 4.42. The van der Waals surface area contributed by atoms with Crippen LogP contribution < -0.4 is 4.98 Å². The second kappa shape index (κ2) is 6.12. The van der Waals surface area contributed by atoms with Crippen LogP contribution in [0, 0.1) is 12.8 Å². The number of pyridine rings is 1. The van der Waals surface area contributed by atoms with Crippen molar-refractivity contribution in [2.45, 2.75) is 44.9 Å². The van der Waals surface area contributed by atoms with Crippen LogP contribution in [0.2, 0.25) is 0 Å². The van der Waals surface area contributed by atoms with Crippen LogP contribution in [0.25, 0.3) is 0 Å².